The van der Waals surface area contributed by atoms with Gasteiger partial charge in [-0.3, -0.25) is 18.6 Å². The second-order valence-electron chi connectivity index (χ2n) is 21.9. The maximum Gasteiger partial charge on any atom is 0.472 e. The molecule has 490 valence electrons. The highest BCUT2D eigenvalue weighted by Gasteiger charge is 2.26. The zero-order chi connectivity index (χ0) is 63.0. The molecular formula is C77H124NO8P. The number of carbonyl (C=O) groups excluding carboxylic acids is 2. The van der Waals surface area contributed by atoms with Crippen LogP contribution in [-0.4, -0.2) is 49.3 Å². The Morgan fingerprint density at radius 3 is 0.897 bits per heavy atom. The van der Waals surface area contributed by atoms with E-state index in [1.165, 1.54) is 89.9 Å². The van der Waals surface area contributed by atoms with Gasteiger partial charge in [-0.2, -0.15) is 0 Å². The van der Waals surface area contributed by atoms with Crippen LogP contribution in [0.2, 0.25) is 0 Å². The lowest BCUT2D eigenvalue weighted by atomic mass is 10.0. The van der Waals surface area contributed by atoms with Gasteiger partial charge in [0.25, 0.3) is 0 Å². The van der Waals surface area contributed by atoms with Crippen LogP contribution < -0.4 is 5.73 Å². The zero-order valence-corrected chi connectivity index (χ0v) is 55.8. The van der Waals surface area contributed by atoms with Crippen molar-refractivity contribution in [1.82, 2.24) is 0 Å². The minimum atomic E-state index is -4.42. The van der Waals surface area contributed by atoms with Gasteiger partial charge in [0.05, 0.1) is 13.2 Å². The molecule has 10 heteroatoms. The molecule has 0 saturated heterocycles. The molecule has 0 aromatic heterocycles. The number of hydrogen-bond donors (Lipinski definition) is 2. The van der Waals surface area contributed by atoms with Crippen molar-refractivity contribution < 1.29 is 37.6 Å². The van der Waals surface area contributed by atoms with Crippen LogP contribution in [0.15, 0.2) is 182 Å². The molecule has 0 aliphatic carbocycles. The molecule has 0 spiro atoms. The Kier molecular flexibility index (Phi) is 66.3. The fraction of sp³-hybridized carbons (Fsp3) is 0.584. The van der Waals surface area contributed by atoms with Gasteiger partial charge in [0.15, 0.2) is 6.10 Å². The first-order valence-electron chi connectivity index (χ1n) is 34.3. The first-order valence-corrected chi connectivity index (χ1v) is 35.8. The molecule has 0 heterocycles. The molecule has 0 bridgehead atoms. The number of esters is 2. The van der Waals surface area contributed by atoms with E-state index in [0.29, 0.717) is 6.42 Å². The summed E-state index contributed by atoms with van der Waals surface area (Å²) in [5, 5.41) is 0. The predicted molar refractivity (Wildman–Crippen MR) is 376 cm³/mol. The van der Waals surface area contributed by atoms with Gasteiger partial charge in [0, 0.05) is 19.4 Å². The predicted octanol–water partition coefficient (Wildman–Crippen LogP) is 22.7. The Labute approximate surface area is 533 Å². The second-order valence-corrected chi connectivity index (χ2v) is 23.4. The highest BCUT2D eigenvalue weighted by Crippen LogP contribution is 2.43. The Balaban J connectivity index is 4.01. The Morgan fingerprint density at radius 1 is 0.345 bits per heavy atom. The van der Waals surface area contributed by atoms with Crippen molar-refractivity contribution >= 4 is 19.8 Å². The lowest BCUT2D eigenvalue weighted by molar-refractivity contribution is -0.161. The quantitative estimate of drug-likeness (QED) is 0.0264. The molecule has 0 rings (SSSR count). The van der Waals surface area contributed by atoms with Crippen molar-refractivity contribution in [2.75, 3.05) is 26.4 Å². The number of rotatable bonds is 62. The Hall–Kier alpha value is -4.89. The molecule has 9 nitrogen and oxygen atoms in total. The molecule has 3 N–H and O–H groups in total. The van der Waals surface area contributed by atoms with Crippen LogP contribution in [0.5, 0.6) is 0 Å². The summed E-state index contributed by atoms with van der Waals surface area (Å²) in [6.45, 7) is 3.47. The summed E-state index contributed by atoms with van der Waals surface area (Å²) in [5.74, 6) is -0.875. The smallest absolute Gasteiger partial charge is 0.462 e. The Morgan fingerprint density at radius 2 is 0.598 bits per heavy atom. The van der Waals surface area contributed by atoms with E-state index in [1.54, 1.807) is 0 Å². The van der Waals surface area contributed by atoms with Crippen molar-refractivity contribution in [3.8, 4) is 0 Å². The molecule has 0 aliphatic heterocycles. The van der Waals surface area contributed by atoms with Crippen LogP contribution in [0.25, 0.3) is 0 Å². The summed E-state index contributed by atoms with van der Waals surface area (Å²) < 4.78 is 33.1. The number of phosphoric ester groups is 1. The van der Waals surface area contributed by atoms with Crippen LogP contribution in [0.4, 0.5) is 0 Å². The van der Waals surface area contributed by atoms with E-state index in [-0.39, 0.29) is 32.6 Å². The van der Waals surface area contributed by atoms with Crippen LogP contribution >= 0.6 is 7.82 Å². The summed E-state index contributed by atoms with van der Waals surface area (Å²) >= 11 is 0. The third kappa shape index (κ3) is 70.1. The highest BCUT2D eigenvalue weighted by molar-refractivity contribution is 7.47. The van der Waals surface area contributed by atoms with Gasteiger partial charge >= 0.3 is 19.8 Å². The average Bonchev–Trinajstić information content (AvgIpc) is 3.66. The van der Waals surface area contributed by atoms with Gasteiger partial charge in [0.1, 0.15) is 6.61 Å². The number of carbonyl (C=O) groups is 2. The Bertz CT molecular complexity index is 2080. The highest BCUT2D eigenvalue weighted by atomic mass is 31.2. The molecule has 0 aliphatic rings. The average molecular weight is 1220 g/mol. The summed E-state index contributed by atoms with van der Waals surface area (Å²) in [5.41, 5.74) is 5.40. The molecule has 0 amide bonds. The zero-order valence-electron chi connectivity index (χ0n) is 54.9. The number of hydrogen-bond acceptors (Lipinski definition) is 8. The maximum absolute atomic E-state index is 12.7. The molecule has 2 unspecified atom stereocenters. The number of nitrogens with two attached hydrogens (primary N) is 1. The normalized spacial score (nSPS) is 14.1. The number of ether oxygens (including phenoxy) is 2. The van der Waals surface area contributed by atoms with Crippen molar-refractivity contribution in [2.24, 2.45) is 5.73 Å². The molecule has 0 aromatic rings. The van der Waals surface area contributed by atoms with Gasteiger partial charge in [0.2, 0.25) is 0 Å². The van der Waals surface area contributed by atoms with E-state index < -0.39 is 32.5 Å². The number of unbranched alkanes of at least 4 members (excludes halogenated alkanes) is 19. The van der Waals surface area contributed by atoms with Crippen molar-refractivity contribution in [2.45, 2.75) is 264 Å². The number of allylic oxidation sites excluding steroid dienone is 30. The third-order valence-electron chi connectivity index (χ3n) is 13.8. The minimum absolute atomic E-state index is 0.0387. The largest absolute Gasteiger partial charge is 0.472 e. The molecule has 87 heavy (non-hydrogen) atoms. The van der Waals surface area contributed by atoms with E-state index >= 15 is 0 Å². The maximum atomic E-state index is 12.7. The van der Waals surface area contributed by atoms with E-state index in [4.69, 9.17) is 24.3 Å². The van der Waals surface area contributed by atoms with Crippen LogP contribution in [0.3, 0.4) is 0 Å². The lowest BCUT2D eigenvalue weighted by Gasteiger charge is -2.19. The van der Waals surface area contributed by atoms with Gasteiger partial charge in [-0.25, -0.2) is 4.57 Å². The molecule has 0 fully saturated rings. The molecule has 0 radical (unpaired) electrons. The SMILES string of the molecule is CC/C=C\C/C=C\C/C=C\C/C=C\C/C=C\C/C=C\C/C=C\C/C=C\C/C=C\CCCCCC(=O)OC(COC(=O)CCCCCCCCCCCCCCCCCC/C=C\C/C=C\C/C=C\C/C=C\C/C=C\C/C=C\CC)COP(=O)(O)OCCN. The third-order valence-corrected chi connectivity index (χ3v) is 14.8. The second kappa shape index (κ2) is 70.2. The van der Waals surface area contributed by atoms with Gasteiger partial charge in [-0.15, -0.1) is 0 Å². The number of phosphoric acid groups is 1. The lowest BCUT2D eigenvalue weighted by Crippen LogP contribution is -2.29. The fourth-order valence-electron chi connectivity index (χ4n) is 8.81. The van der Waals surface area contributed by atoms with Gasteiger partial charge in [-0.05, 0) is 135 Å². The summed E-state index contributed by atoms with van der Waals surface area (Å²) in [6.07, 6.45) is 105. The first kappa shape index (κ1) is 82.1. The van der Waals surface area contributed by atoms with E-state index in [2.05, 4.69) is 196 Å². The monoisotopic (exact) mass is 1220 g/mol. The van der Waals surface area contributed by atoms with Crippen LogP contribution in [-0.2, 0) is 32.7 Å². The molecular weight excluding hydrogens is 1100 g/mol. The van der Waals surface area contributed by atoms with Crippen molar-refractivity contribution in [3.05, 3.63) is 182 Å². The van der Waals surface area contributed by atoms with Gasteiger partial charge in [-0.1, -0.05) is 292 Å². The minimum Gasteiger partial charge on any atom is -0.462 e. The van der Waals surface area contributed by atoms with E-state index in [1.807, 2.05) is 0 Å². The topological polar surface area (TPSA) is 134 Å². The summed E-state index contributed by atoms with van der Waals surface area (Å²) in [6, 6.07) is 0. The molecule has 0 saturated carbocycles. The first-order chi connectivity index (χ1) is 42.8. The van der Waals surface area contributed by atoms with Gasteiger partial charge < -0.3 is 20.1 Å². The standard InChI is InChI=1S/C77H124NO8P/c1-3-5-7-9-11-13-15-17-19-21-23-25-27-29-31-33-35-36-37-38-40-41-43-45-47-49-51-53-55-57-59-61-63-65-67-69-76(79)83-73-75(74-85-87(81,82)84-72-71-78)86-77(80)70-68-66-64-62-60-58-56-54-52-50-48-46-44-42-39-34-32-30-28-26-24-22-20-18-16-14-12-10-8-6-4-2/h5-8,11-14,17-20,23-26,29-32,35-36,39,42,46,48,52,54,58,60,75H,3-4,9-10,15-16,21-22,27-28,33-34,37-38,40-41,43-45,47,49-51,53,55-57,59,61-74,78H2,1-2H3,(H,81,82)/b7-5-,8-6-,13-11-,14-12-,19-17-,20-18-,25-23-,26-24-,31-29-,32-30-,36-35-,42-39-,48-46-,54-52-,60-58-. The van der Waals surface area contributed by atoms with E-state index in [9.17, 15) is 19.0 Å². The van der Waals surface area contributed by atoms with Crippen molar-refractivity contribution in [3.63, 3.8) is 0 Å². The summed E-state index contributed by atoms with van der Waals surface area (Å²) in [4.78, 5) is 35.3. The van der Waals surface area contributed by atoms with Crippen molar-refractivity contribution in [1.29, 1.82) is 0 Å². The van der Waals surface area contributed by atoms with E-state index in [0.717, 1.165) is 135 Å². The summed E-state index contributed by atoms with van der Waals surface area (Å²) in [7, 11) is -4.42. The molecule has 2 atom stereocenters. The fourth-order valence-corrected chi connectivity index (χ4v) is 9.57. The molecule has 0 aromatic carbocycles. The van der Waals surface area contributed by atoms with Crippen LogP contribution in [0.1, 0.15) is 258 Å². The van der Waals surface area contributed by atoms with Crippen LogP contribution in [0, 0.1) is 0 Å².